The van der Waals surface area contributed by atoms with Gasteiger partial charge in [0.25, 0.3) is 5.91 Å². The molecule has 1 fully saturated rings. The van der Waals surface area contributed by atoms with Crippen LogP contribution in [0.1, 0.15) is 34.9 Å². The molecule has 9 nitrogen and oxygen atoms in total. The fraction of sp³-hybridized carbons (Fsp3) is 0.409. The van der Waals surface area contributed by atoms with E-state index in [4.69, 9.17) is 9.15 Å². The van der Waals surface area contributed by atoms with Crippen LogP contribution in [0.3, 0.4) is 0 Å². The number of hydrogen-bond donors (Lipinski definition) is 0. The normalized spacial score (nSPS) is 14.5. The van der Waals surface area contributed by atoms with Crippen molar-refractivity contribution in [1.82, 2.24) is 18.9 Å². The van der Waals surface area contributed by atoms with Crippen molar-refractivity contribution < 1.29 is 23.5 Å². The second-order valence-electron chi connectivity index (χ2n) is 7.92. The van der Waals surface area contributed by atoms with E-state index >= 15 is 0 Å². The Labute approximate surface area is 179 Å². The molecule has 0 atom stereocenters. The van der Waals surface area contributed by atoms with Gasteiger partial charge in [-0.15, -0.1) is 0 Å². The largest absolute Gasteiger partial charge is 0.459 e. The van der Waals surface area contributed by atoms with Gasteiger partial charge in [-0.3, -0.25) is 9.59 Å². The number of furan rings is 1. The van der Waals surface area contributed by atoms with Crippen molar-refractivity contribution in [2.75, 3.05) is 26.2 Å². The van der Waals surface area contributed by atoms with Crippen LogP contribution in [0.2, 0.25) is 0 Å². The Morgan fingerprint density at radius 2 is 1.77 bits per heavy atom. The molecule has 0 radical (unpaired) electrons. The Morgan fingerprint density at radius 3 is 2.42 bits per heavy atom. The van der Waals surface area contributed by atoms with Crippen molar-refractivity contribution in [2.45, 2.75) is 26.5 Å². The minimum atomic E-state index is -0.451. The molecule has 0 bridgehead atoms. The average molecular weight is 426 g/mol. The molecule has 0 N–H and O–H groups in total. The zero-order valence-corrected chi connectivity index (χ0v) is 17.9. The quantitative estimate of drug-likeness (QED) is 0.583. The van der Waals surface area contributed by atoms with E-state index in [-0.39, 0.29) is 24.5 Å². The topological polar surface area (TPSA) is 89.9 Å². The first kappa shape index (κ1) is 20.8. The van der Waals surface area contributed by atoms with Gasteiger partial charge in [-0.2, -0.15) is 0 Å². The highest BCUT2D eigenvalue weighted by Crippen LogP contribution is 2.22. The number of aromatic nitrogens is 2. The van der Waals surface area contributed by atoms with Gasteiger partial charge in [-0.05, 0) is 38.1 Å². The SMILES string of the molecule is CC(C)OC(=O)c1cc2c(ccn2C)n1CC(=O)N1CCN(C(=O)c2ccco2)CC1. The van der Waals surface area contributed by atoms with Gasteiger partial charge in [0, 0.05) is 39.4 Å². The third-order valence-electron chi connectivity index (χ3n) is 5.45. The maximum absolute atomic E-state index is 13.0. The predicted octanol–water partition coefficient (Wildman–Crippen LogP) is 2.12. The van der Waals surface area contributed by atoms with E-state index in [1.807, 2.05) is 23.9 Å². The summed E-state index contributed by atoms with van der Waals surface area (Å²) in [6.45, 7) is 5.33. The second kappa shape index (κ2) is 8.33. The van der Waals surface area contributed by atoms with Crippen LogP contribution in [0.15, 0.2) is 41.1 Å². The molecule has 0 unspecified atom stereocenters. The Bertz CT molecular complexity index is 1100. The molecule has 9 heteroatoms. The summed E-state index contributed by atoms with van der Waals surface area (Å²) in [5.41, 5.74) is 2.02. The molecular formula is C22H26N4O5. The number of nitrogens with zero attached hydrogens (tertiary/aromatic N) is 4. The second-order valence-corrected chi connectivity index (χ2v) is 7.92. The molecule has 0 aromatic carbocycles. The lowest BCUT2D eigenvalue weighted by atomic mass is 10.2. The average Bonchev–Trinajstić information content (AvgIpc) is 3.47. The van der Waals surface area contributed by atoms with Crippen LogP contribution in [-0.2, 0) is 23.1 Å². The molecule has 0 aliphatic carbocycles. The summed E-state index contributed by atoms with van der Waals surface area (Å²) in [4.78, 5) is 41.5. The molecule has 0 spiro atoms. The highest BCUT2D eigenvalue weighted by molar-refractivity contribution is 5.96. The number of hydrogen-bond acceptors (Lipinski definition) is 5. The van der Waals surface area contributed by atoms with Crippen LogP contribution in [0.5, 0.6) is 0 Å². The van der Waals surface area contributed by atoms with Gasteiger partial charge in [0.1, 0.15) is 12.2 Å². The number of fused-ring (bicyclic) bond motifs is 1. The van der Waals surface area contributed by atoms with Gasteiger partial charge >= 0.3 is 5.97 Å². The molecule has 1 aliphatic rings. The molecule has 2 amide bonds. The monoisotopic (exact) mass is 426 g/mol. The number of carbonyl (C=O) groups is 3. The van der Waals surface area contributed by atoms with Crippen molar-refractivity contribution in [3.05, 3.63) is 48.2 Å². The molecule has 164 valence electrons. The van der Waals surface area contributed by atoms with Crippen LogP contribution in [0.4, 0.5) is 0 Å². The highest BCUT2D eigenvalue weighted by Gasteiger charge is 2.28. The first-order chi connectivity index (χ1) is 14.8. The number of ether oxygens (including phenoxy) is 1. The summed E-state index contributed by atoms with van der Waals surface area (Å²) in [6, 6.07) is 6.95. The van der Waals surface area contributed by atoms with Crippen molar-refractivity contribution in [3.63, 3.8) is 0 Å². The van der Waals surface area contributed by atoms with E-state index in [0.717, 1.165) is 11.0 Å². The first-order valence-electron chi connectivity index (χ1n) is 10.3. The molecule has 3 aromatic heterocycles. The van der Waals surface area contributed by atoms with Crippen molar-refractivity contribution >= 4 is 28.8 Å². The minimum Gasteiger partial charge on any atom is -0.459 e. The van der Waals surface area contributed by atoms with Gasteiger partial charge in [0.15, 0.2) is 5.76 Å². The molecule has 4 rings (SSSR count). The summed E-state index contributed by atoms with van der Waals surface area (Å²) < 4.78 is 14.2. The van der Waals surface area contributed by atoms with Crippen LogP contribution < -0.4 is 0 Å². The summed E-state index contributed by atoms with van der Waals surface area (Å²) in [5.74, 6) is -0.433. The molecule has 3 aromatic rings. The maximum Gasteiger partial charge on any atom is 0.355 e. The van der Waals surface area contributed by atoms with Crippen LogP contribution >= 0.6 is 0 Å². The maximum atomic E-state index is 13.0. The zero-order chi connectivity index (χ0) is 22.1. The third-order valence-corrected chi connectivity index (χ3v) is 5.45. The lowest BCUT2D eigenvalue weighted by Gasteiger charge is -2.34. The minimum absolute atomic E-state index is 0.0299. The smallest absolute Gasteiger partial charge is 0.355 e. The highest BCUT2D eigenvalue weighted by atomic mass is 16.5. The number of piperazine rings is 1. The lowest BCUT2D eigenvalue weighted by Crippen LogP contribution is -2.51. The number of aryl methyl sites for hydroxylation is 1. The fourth-order valence-electron chi connectivity index (χ4n) is 3.83. The Kier molecular flexibility index (Phi) is 5.58. The molecule has 4 heterocycles. The van der Waals surface area contributed by atoms with E-state index in [1.54, 1.807) is 46.4 Å². The third kappa shape index (κ3) is 4.08. The lowest BCUT2D eigenvalue weighted by molar-refractivity contribution is -0.133. The van der Waals surface area contributed by atoms with E-state index in [1.165, 1.54) is 6.26 Å². The molecule has 1 saturated heterocycles. The van der Waals surface area contributed by atoms with Crippen LogP contribution in [-0.4, -0.2) is 69.0 Å². The van der Waals surface area contributed by atoms with Crippen LogP contribution in [0, 0.1) is 0 Å². The first-order valence-corrected chi connectivity index (χ1v) is 10.3. The van der Waals surface area contributed by atoms with Crippen molar-refractivity contribution in [1.29, 1.82) is 0 Å². The summed E-state index contributed by atoms with van der Waals surface area (Å²) in [6.07, 6.45) is 3.10. The molecule has 31 heavy (non-hydrogen) atoms. The van der Waals surface area contributed by atoms with E-state index in [9.17, 15) is 14.4 Å². The number of rotatable bonds is 5. The summed E-state index contributed by atoms with van der Waals surface area (Å²) in [5, 5.41) is 0. The van der Waals surface area contributed by atoms with E-state index in [0.29, 0.717) is 37.6 Å². The summed E-state index contributed by atoms with van der Waals surface area (Å²) >= 11 is 0. The standard InChI is InChI=1S/C22H26N4O5/c1-15(2)31-22(29)18-13-17-16(6-7-23(17)3)26(18)14-20(27)24-8-10-25(11-9-24)21(28)19-5-4-12-30-19/h4-7,12-13,15H,8-11,14H2,1-3H3. The van der Waals surface area contributed by atoms with Crippen molar-refractivity contribution in [3.8, 4) is 0 Å². The predicted molar refractivity (Wildman–Crippen MR) is 113 cm³/mol. The summed E-state index contributed by atoms with van der Waals surface area (Å²) in [7, 11) is 1.89. The van der Waals surface area contributed by atoms with Gasteiger partial charge in [-0.25, -0.2) is 4.79 Å². The van der Waals surface area contributed by atoms with Gasteiger partial charge in [-0.1, -0.05) is 0 Å². The molecule has 1 aliphatic heterocycles. The Hall–Kier alpha value is -3.49. The number of esters is 1. The van der Waals surface area contributed by atoms with E-state index < -0.39 is 5.97 Å². The van der Waals surface area contributed by atoms with Crippen molar-refractivity contribution in [2.24, 2.45) is 7.05 Å². The number of carbonyl (C=O) groups excluding carboxylic acids is 3. The Morgan fingerprint density at radius 1 is 1.06 bits per heavy atom. The number of amides is 2. The van der Waals surface area contributed by atoms with E-state index in [2.05, 4.69) is 0 Å². The molecular weight excluding hydrogens is 400 g/mol. The van der Waals surface area contributed by atoms with Gasteiger partial charge in [0.2, 0.25) is 5.91 Å². The molecule has 0 saturated carbocycles. The van der Waals surface area contributed by atoms with Gasteiger partial charge < -0.3 is 28.1 Å². The zero-order valence-electron chi connectivity index (χ0n) is 17.9. The fourth-order valence-corrected chi connectivity index (χ4v) is 3.83. The Balaban J connectivity index is 1.47. The van der Waals surface area contributed by atoms with Gasteiger partial charge in [0.05, 0.1) is 23.4 Å². The van der Waals surface area contributed by atoms with Crippen LogP contribution in [0.25, 0.3) is 11.0 Å².